The first-order chi connectivity index (χ1) is 29.3. The average molecular weight is 775 g/mol. The zero-order valence-electron chi connectivity index (χ0n) is 34.5. The predicted molar refractivity (Wildman–Crippen MR) is 254 cm³/mol. The van der Waals surface area contributed by atoms with Crippen molar-refractivity contribution in [3.63, 3.8) is 0 Å². The van der Waals surface area contributed by atoms with Crippen molar-refractivity contribution in [1.82, 2.24) is 19.5 Å². The summed E-state index contributed by atoms with van der Waals surface area (Å²) in [4.78, 5) is 15.6. The Kier molecular flexibility index (Phi) is 9.99. The van der Waals surface area contributed by atoms with Crippen LogP contribution in [0.25, 0.3) is 83.9 Å². The number of para-hydroxylation sites is 1. The molecule has 9 rings (SSSR count). The Morgan fingerprint density at radius 2 is 1.25 bits per heavy atom. The molecule has 0 atom stereocenters. The predicted octanol–water partition coefficient (Wildman–Crippen LogP) is 14.6. The minimum atomic E-state index is -0.125. The van der Waals surface area contributed by atoms with Crippen LogP contribution < -0.4 is 0 Å². The van der Waals surface area contributed by atoms with Gasteiger partial charge in [-0.2, -0.15) is 0 Å². The molecule has 1 aliphatic carbocycles. The third-order valence-electron chi connectivity index (χ3n) is 11.7. The second kappa shape index (κ2) is 15.7. The Labute approximate surface area is 352 Å². The number of rotatable bonds is 10. The van der Waals surface area contributed by atoms with Gasteiger partial charge in [0, 0.05) is 38.6 Å². The summed E-state index contributed by atoms with van der Waals surface area (Å²) < 4.78 is 2.40. The zero-order valence-corrected chi connectivity index (χ0v) is 34.5. The van der Waals surface area contributed by atoms with Gasteiger partial charge in [0.1, 0.15) is 0 Å². The van der Waals surface area contributed by atoms with Crippen LogP contribution in [-0.4, -0.2) is 19.5 Å². The van der Waals surface area contributed by atoms with Crippen molar-refractivity contribution in [2.24, 2.45) is 0 Å². The Morgan fingerprint density at radius 3 is 2.00 bits per heavy atom. The Bertz CT molecular complexity index is 3110. The van der Waals surface area contributed by atoms with Crippen LogP contribution in [0.1, 0.15) is 49.9 Å². The first-order valence-electron chi connectivity index (χ1n) is 20.5. The minimum absolute atomic E-state index is 0.125. The van der Waals surface area contributed by atoms with Crippen molar-refractivity contribution < 1.29 is 0 Å². The van der Waals surface area contributed by atoms with Crippen molar-refractivity contribution in [1.29, 1.82) is 0 Å². The van der Waals surface area contributed by atoms with Crippen molar-refractivity contribution in [2.75, 3.05) is 0 Å². The Balaban J connectivity index is 1.25. The standard InChI is InChI=1S/C56H46N4/c1-7-11-21-37(9-3)41-31-42(38(10-4)22-12-8-2)33-43(32-41)55-58-53(39-23-14-13-15-24-39)57-54(59-55)40-25-20-26-44(34-40)60-51-30-19-17-28-46(51)48-35-47-45-27-16-18-29-49(45)56(5,6)50(47)36-52(48)60/h7-36H,1,4H2,2-3,5-6H3/b12-8-,21-11-,37-9+,38-22+. The molecule has 0 fully saturated rings. The molecule has 0 saturated carbocycles. The van der Waals surface area contributed by atoms with Gasteiger partial charge < -0.3 is 4.57 Å². The van der Waals surface area contributed by atoms with E-state index in [0.29, 0.717) is 17.5 Å². The lowest BCUT2D eigenvalue weighted by Crippen LogP contribution is -2.14. The van der Waals surface area contributed by atoms with Gasteiger partial charge in [-0.3, -0.25) is 0 Å². The number of aromatic nitrogens is 4. The van der Waals surface area contributed by atoms with Crippen LogP contribution >= 0.6 is 0 Å². The molecule has 0 bridgehead atoms. The van der Waals surface area contributed by atoms with Crippen LogP contribution in [0.3, 0.4) is 0 Å². The van der Waals surface area contributed by atoms with Crippen molar-refractivity contribution in [3.05, 3.63) is 217 Å². The molecule has 0 saturated heterocycles. The highest BCUT2D eigenvalue weighted by Gasteiger charge is 2.36. The van der Waals surface area contributed by atoms with E-state index >= 15 is 0 Å². The molecule has 0 aliphatic heterocycles. The maximum absolute atomic E-state index is 5.27. The molecule has 0 unspecified atom stereocenters. The van der Waals surface area contributed by atoms with Gasteiger partial charge in [0.2, 0.25) is 0 Å². The van der Waals surface area contributed by atoms with E-state index < -0.39 is 0 Å². The SMILES string of the molecule is C=C/C=C\C(=C/C)c1cc(/C(C=C)=C/C=C\C)cc(-c2nc(-c3ccccc3)nc(-c3cccc(-n4c5ccccc5c5cc6c(cc54)C(C)(C)c4ccccc4-6)c3)n2)c1. The fraction of sp³-hybridized carbons (Fsp3) is 0.0893. The lowest BCUT2D eigenvalue weighted by molar-refractivity contribution is 0.661. The monoisotopic (exact) mass is 774 g/mol. The fourth-order valence-electron chi connectivity index (χ4n) is 8.68. The number of benzene rings is 6. The van der Waals surface area contributed by atoms with Crippen molar-refractivity contribution in [2.45, 2.75) is 33.1 Å². The van der Waals surface area contributed by atoms with Crippen LogP contribution in [0.5, 0.6) is 0 Å². The second-order valence-electron chi connectivity index (χ2n) is 15.7. The van der Waals surface area contributed by atoms with Crippen LogP contribution in [0.15, 0.2) is 195 Å². The average Bonchev–Trinajstić information content (AvgIpc) is 3.73. The molecule has 2 aromatic heterocycles. The molecule has 1 aliphatic rings. The van der Waals surface area contributed by atoms with E-state index in [0.717, 1.165) is 50.2 Å². The maximum Gasteiger partial charge on any atom is 0.164 e. The Hall–Kier alpha value is -7.43. The first-order valence-corrected chi connectivity index (χ1v) is 20.5. The molecule has 0 radical (unpaired) electrons. The third-order valence-corrected chi connectivity index (χ3v) is 11.7. The van der Waals surface area contributed by atoms with Crippen LogP contribution in [0, 0.1) is 0 Å². The van der Waals surface area contributed by atoms with E-state index in [1.165, 1.54) is 38.5 Å². The van der Waals surface area contributed by atoms with Gasteiger partial charge >= 0.3 is 0 Å². The summed E-state index contributed by atoms with van der Waals surface area (Å²) in [5, 5.41) is 2.45. The molecule has 4 nitrogen and oxygen atoms in total. The number of hydrogen-bond donors (Lipinski definition) is 0. The van der Waals surface area contributed by atoms with Gasteiger partial charge in [-0.15, -0.1) is 0 Å². The summed E-state index contributed by atoms with van der Waals surface area (Å²) in [7, 11) is 0. The summed E-state index contributed by atoms with van der Waals surface area (Å²) >= 11 is 0. The summed E-state index contributed by atoms with van der Waals surface area (Å²) in [6.45, 7) is 16.8. The number of hydrogen-bond acceptors (Lipinski definition) is 3. The van der Waals surface area contributed by atoms with Gasteiger partial charge in [-0.05, 0) is 107 Å². The van der Waals surface area contributed by atoms with Crippen LogP contribution in [0.2, 0.25) is 0 Å². The zero-order chi connectivity index (χ0) is 41.4. The second-order valence-corrected chi connectivity index (χ2v) is 15.7. The normalized spacial score (nSPS) is 13.7. The summed E-state index contributed by atoms with van der Waals surface area (Å²) in [5.41, 5.74) is 15.4. The first kappa shape index (κ1) is 38.1. The molecule has 0 N–H and O–H groups in total. The molecule has 2 heterocycles. The number of allylic oxidation sites excluding steroid dienone is 10. The molecule has 4 heteroatoms. The van der Waals surface area contributed by atoms with E-state index in [2.05, 4.69) is 153 Å². The highest BCUT2D eigenvalue weighted by molar-refractivity contribution is 6.11. The highest BCUT2D eigenvalue weighted by atomic mass is 15.0. The fourth-order valence-corrected chi connectivity index (χ4v) is 8.68. The van der Waals surface area contributed by atoms with E-state index in [-0.39, 0.29) is 5.41 Å². The smallest absolute Gasteiger partial charge is 0.164 e. The summed E-state index contributed by atoms with van der Waals surface area (Å²) in [6.07, 6.45) is 15.9. The van der Waals surface area contributed by atoms with Gasteiger partial charge in [0.15, 0.2) is 17.5 Å². The molecule has 0 spiro atoms. The van der Waals surface area contributed by atoms with Crippen molar-refractivity contribution in [3.8, 4) is 51.0 Å². The molecule has 6 aromatic carbocycles. The van der Waals surface area contributed by atoms with Gasteiger partial charge in [0.25, 0.3) is 0 Å². The third kappa shape index (κ3) is 6.66. The van der Waals surface area contributed by atoms with Gasteiger partial charge in [0.05, 0.1) is 11.0 Å². The molecule has 60 heavy (non-hydrogen) atoms. The summed E-state index contributed by atoms with van der Waals surface area (Å²) in [6, 6.07) is 47.6. The van der Waals surface area contributed by atoms with Gasteiger partial charge in [-0.1, -0.05) is 161 Å². The largest absolute Gasteiger partial charge is 0.309 e. The van der Waals surface area contributed by atoms with E-state index in [1.807, 2.05) is 68.5 Å². The lowest BCUT2D eigenvalue weighted by Gasteiger charge is -2.21. The quantitative estimate of drug-likeness (QED) is 0.130. The van der Waals surface area contributed by atoms with Crippen LogP contribution in [0.4, 0.5) is 0 Å². The van der Waals surface area contributed by atoms with Gasteiger partial charge in [-0.25, -0.2) is 15.0 Å². The lowest BCUT2D eigenvalue weighted by atomic mass is 9.82. The maximum atomic E-state index is 5.27. The van der Waals surface area contributed by atoms with E-state index in [9.17, 15) is 0 Å². The van der Waals surface area contributed by atoms with E-state index in [4.69, 9.17) is 15.0 Å². The summed E-state index contributed by atoms with van der Waals surface area (Å²) in [5.74, 6) is 1.78. The molecular weight excluding hydrogens is 729 g/mol. The molecule has 8 aromatic rings. The molecule has 290 valence electrons. The minimum Gasteiger partial charge on any atom is -0.309 e. The van der Waals surface area contributed by atoms with E-state index in [1.54, 1.807) is 6.08 Å². The number of fused-ring (bicyclic) bond motifs is 6. The number of nitrogens with zero attached hydrogens (tertiary/aromatic N) is 4. The highest BCUT2D eigenvalue weighted by Crippen LogP contribution is 2.51. The topological polar surface area (TPSA) is 43.6 Å². The molecule has 0 amide bonds. The Morgan fingerprint density at radius 1 is 0.567 bits per heavy atom. The van der Waals surface area contributed by atoms with Crippen molar-refractivity contribution >= 4 is 33.0 Å². The molecular formula is C56H46N4. The van der Waals surface area contributed by atoms with Crippen LogP contribution in [-0.2, 0) is 5.41 Å².